The standard InChI is InChI=1S/C35H30IN3O4/c36-29-23-32(39-22-21-31(38-34(39)41)37-33(40)25-13-5-1-6-14-25)43-30(29)24-42-35(26-15-7-2-8-16-26,27-17-9-3-10-18-27)28-19-11-4-12-20-28/h1-22,29-30,32H,23-24H2,(H,37,38,40,41)/t29-,30+,32-/m1/s1. The zero-order valence-electron chi connectivity index (χ0n) is 23.3. The Bertz CT molecular complexity index is 1620. The molecule has 216 valence electrons. The van der Waals surface area contributed by atoms with Crippen molar-refractivity contribution in [2.75, 3.05) is 11.9 Å². The van der Waals surface area contributed by atoms with Gasteiger partial charge in [0.05, 0.1) is 12.7 Å². The lowest BCUT2D eigenvalue weighted by Gasteiger charge is -2.37. The summed E-state index contributed by atoms with van der Waals surface area (Å²) in [7, 11) is 0. The van der Waals surface area contributed by atoms with Crippen molar-refractivity contribution in [3.8, 4) is 0 Å². The molecule has 7 nitrogen and oxygen atoms in total. The maximum absolute atomic E-state index is 13.0. The van der Waals surface area contributed by atoms with Crippen LogP contribution in [0.1, 0.15) is 39.7 Å². The SMILES string of the molecule is O=C(Nc1ccn([C@H]2C[C@@H](I)[C@H](COC(c3ccccc3)(c3ccccc3)c3ccccc3)O2)c(=O)n1)c1ccccc1. The minimum absolute atomic E-state index is 0.0898. The monoisotopic (exact) mass is 683 g/mol. The average Bonchev–Trinajstić information content (AvgIpc) is 3.43. The van der Waals surface area contributed by atoms with Crippen LogP contribution in [0.15, 0.2) is 138 Å². The Morgan fingerprint density at radius 3 is 1.86 bits per heavy atom. The van der Waals surface area contributed by atoms with E-state index in [1.165, 1.54) is 4.57 Å². The smallest absolute Gasteiger partial charge is 0.351 e. The van der Waals surface area contributed by atoms with E-state index in [9.17, 15) is 9.59 Å². The van der Waals surface area contributed by atoms with E-state index >= 15 is 0 Å². The Kier molecular flexibility index (Phi) is 8.78. The van der Waals surface area contributed by atoms with Crippen molar-refractivity contribution in [1.29, 1.82) is 0 Å². The molecule has 0 unspecified atom stereocenters. The van der Waals surface area contributed by atoms with Crippen LogP contribution in [0.4, 0.5) is 5.82 Å². The maximum atomic E-state index is 13.0. The number of halogens is 1. The minimum Gasteiger partial charge on any atom is -0.358 e. The lowest BCUT2D eigenvalue weighted by Crippen LogP contribution is -2.37. The summed E-state index contributed by atoms with van der Waals surface area (Å²) < 4.78 is 15.0. The maximum Gasteiger partial charge on any atom is 0.351 e. The molecular weight excluding hydrogens is 653 g/mol. The van der Waals surface area contributed by atoms with E-state index in [1.807, 2.05) is 60.7 Å². The highest BCUT2D eigenvalue weighted by molar-refractivity contribution is 14.1. The van der Waals surface area contributed by atoms with Crippen LogP contribution in [0.3, 0.4) is 0 Å². The predicted octanol–water partition coefficient (Wildman–Crippen LogP) is 6.60. The van der Waals surface area contributed by atoms with Gasteiger partial charge in [-0.25, -0.2) is 4.79 Å². The highest BCUT2D eigenvalue weighted by Crippen LogP contribution is 2.42. The van der Waals surface area contributed by atoms with Crippen molar-refractivity contribution in [3.63, 3.8) is 0 Å². The predicted molar refractivity (Wildman–Crippen MR) is 174 cm³/mol. The zero-order valence-corrected chi connectivity index (χ0v) is 25.4. The molecular formula is C35H30IN3O4. The molecule has 1 saturated heterocycles. The molecule has 1 N–H and O–H groups in total. The molecule has 6 rings (SSSR count). The normalized spacial score (nSPS) is 18.3. The van der Waals surface area contributed by atoms with Gasteiger partial charge in [-0.05, 0) is 34.9 Å². The lowest BCUT2D eigenvalue weighted by molar-refractivity contribution is -0.0758. The van der Waals surface area contributed by atoms with Crippen LogP contribution >= 0.6 is 22.6 Å². The van der Waals surface area contributed by atoms with Crippen molar-refractivity contribution < 1.29 is 14.3 Å². The molecule has 3 atom stereocenters. The van der Waals surface area contributed by atoms with Crippen molar-refractivity contribution in [2.24, 2.45) is 0 Å². The number of carbonyl (C=O) groups excluding carboxylic acids is 1. The zero-order chi connectivity index (χ0) is 29.6. The number of rotatable bonds is 9. The van der Waals surface area contributed by atoms with Crippen LogP contribution in [0.2, 0.25) is 0 Å². The van der Waals surface area contributed by atoms with Gasteiger partial charge >= 0.3 is 5.69 Å². The third-order valence-electron chi connectivity index (χ3n) is 7.58. The van der Waals surface area contributed by atoms with Crippen LogP contribution < -0.4 is 11.0 Å². The quantitative estimate of drug-likeness (QED) is 0.108. The van der Waals surface area contributed by atoms with E-state index in [0.29, 0.717) is 18.6 Å². The van der Waals surface area contributed by atoms with Crippen molar-refractivity contribution in [1.82, 2.24) is 9.55 Å². The summed E-state index contributed by atoms with van der Waals surface area (Å²) >= 11 is 2.37. The number of carbonyl (C=O) groups is 1. The number of alkyl halides is 1. The van der Waals surface area contributed by atoms with Gasteiger partial charge in [0.1, 0.15) is 17.6 Å². The second-order valence-corrected chi connectivity index (χ2v) is 11.9. The summed E-state index contributed by atoms with van der Waals surface area (Å²) in [5, 5.41) is 2.69. The molecule has 0 aliphatic carbocycles. The fraction of sp³-hybridized carbons (Fsp3) is 0.171. The van der Waals surface area contributed by atoms with E-state index in [1.54, 1.807) is 36.5 Å². The molecule has 0 spiro atoms. The first-order chi connectivity index (χ1) is 21.0. The fourth-order valence-corrected chi connectivity index (χ4v) is 6.28. The van der Waals surface area contributed by atoms with Gasteiger partial charge in [0, 0.05) is 22.1 Å². The second kappa shape index (κ2) is 13.0. The topological polar surface area (TPSA) is 82.5 Å². The van der Waals surface area contributed by atoms with Gasteiger partial charge in [-0.2, -0.15) is 4.98 Å². The summed E-state index contributed by atoms with van der Waals surface area (Å²) in [5.74, 6) is -0.136. The van der Waals surface area contributed by atoms with E-state index in [4.69, 9.17) is 9.47 Å². The Balaban J connectivity index is 1.23. The van der Waals surface area contributed by atoms with Gasteiger partial charge in [-0.1, -0.05) is 132 Å². The van der Waals surface area contributed by atoms with Gasteiger partial charge in [-0.15, -0.1) is 0 Å². The number of aromatic nitrogens is 2. The minimum atomic E-state index is -0.863. The molecule has 0 saturated carbocycles. The summed E-state index contributed by atoms with van der Waals surface area (Å²) in [6, 6.07) is 41.1. The first-order valence-corrected chi connectivity index (χ1v) is 15.3. The first kappa shape index (κ1) is 29.0. The third-order valence-corrected chi connectivity index (χ3v) is 8.90. The highest BCUT2D eigenvalue weighted by atomic mass is 127. The third kappa shape index (κ3) is 6.17. The number of nitrogens with zero attached hydrogens (tertiary/aromatic N) is 2. The number of benzene rings is 4. The molecule has 2 heterocycles. The first-order valence-electron chi connectivity index (χ1n) is 14.1. The molecule has 43 heavy (non-hydrogen) atoms. The summed E-state index contributed by atoms with van der Waals surface area (Å²) in [5.41, 5.74) is 2.18. The van der Waals surface area contributed by atoms with E-state index in [-0.39, 0.29) is 21.8 Å². The Labute approximate surface area is 263 Å². The van der Waals surface area contributed by atoms with Crippen molar-refractivity contribution in [2.45, 2.75) is 28.3 Å². The number of nitrogens with one attached hydrogen (secondary N) is 1. The number of hydrogen-bond donors (Lipinski definition) is 1. The van der Waals surface area contributed by atoms with Gasteiger partial charge in [-0.3, -0.25) is 9.36 Å². The molecule has 0 radical (unpaired) electrons. The molecule has 4 aromatic carbocycles. The Morgan fingerprint density at radius 1 is 0.837 bits per heavy atom. The number of ether oxygens (including phenoxy) is 2. The molecule has 8 heteroatoms. The number of hydrogen-bond acceptors (Lipinski definition) is 5. The highest BCUT2D eigenvalue weighted by Gasteiger charge is 2.41. The summed E-state index contributed by atoms with van der Waals surface area (Å²) in [6.07, 6.45) is 1.45. The molecule has 1 amide bonds. The molecule has 1 fully saturated rings. The van der Waals surface area contributed by atoms with Crippen LogP contribution in [0, 0.1) is 0 Å². The molecule has 0 bridgehead atoms. The molecule has 1 aliphatic rings. The van der Waals surface area contributed by atoms with Gasteiger partial charge in [0.2, 0.25) is 0 Å². The fourth-order valence-electron chi connectivity index (χ4n) is 5.47. The van der Waals surface area contributed by atoms with Gasteiger partial charge < -0.3 is 14.8 Å². The molecule has 1 aromatic heterocycles. The van der Waals surface area contributed by atoms with Crippen LogP contribution in [0.25, 0.3) is 0 Å². The van der Waals surface area contributed by atoms with Crippen molar-refractivity contribution in [3.05, 3.63) is 166 Å². The van der Waals surface area contributed by atoms with E-state index < -0.39 is 17.5 Å². The Morgan fingerprint density at radius 2 is 1.35 bits per heavy atom. The Hall–Kier alpha value is -4.12. The number of anilines is 1. The lowest BCUT2D eigenvalue weighted by atomic mass is 9.80. The van der Waals surface area contributed by atoms with Crippen LogP contribution in [-0.4, -0.2) is 32.1 Å². The van der Waals surface area contributed by atoms with E-state index in [0.717, 1.165) is 16.7 Å². The summed E-state index contributed by atoms with van der Waals surface area (Å²) in [6.45, 7) is 0.302. The summed E-state index contributed by atoms with van der Waals surface area (Å²) in [4.78, 5) is 29.6. The van der Waals surface area contributed by atoms with Gasteiger partial charge in [0.15, 0.2) is 0 Å². The van der Waals surface area contributed by atoms with Gasteiger partial charge in [0.25, 0.3) is 5.91 Å². The van der Waals surface area contributed by atoms with Crippen LogP contribution in [0.5, 0.6) is 0 Å². The van der Waals surface area contributed by atoms with Crippen LogP contribution in [-0.2, 0) is 15.1 Å². The second-order valence-electron chi connectivity index (χ2n) is 10.3. The van der Waals surface area contributed by atoms with Crippen molar-refractivity contribution >= 4 is 34.3 Å². The molecule has 1 aliphatic heterocycles. The average molecular weight is 684 g/mol. The largest absolute Gasteiger partial charge is 0.358 e. The molecule has 5 aromatic rings. The number of amides is 1. The van der Waals surface area contributed by atoms with E-state index in [2.05, 4.69) is 69.3 Å².